The van der Waals surface area contributed by atoms with Gasteiger partial charge >= 0.3 is 0 Å². The largest absolute Gasteiger partial charge is 0.497 e. The van der Waals surface area contributed by atoms with Gasteiger partial charge in [-0.05, 0) is 29.7 Å². The Morgan fingerprint density at radius 3 is 2.57 bits per heavy atom. The lowest BCUT2D eigenvalue weighted by atomic mass is 9.87. The second-order valence-electron chi connectivity index (χ2n) is 5.82. The summed E-state index contributed by atoms with van der Waals surface area (Å²) in [5.41, 5.74) is 17.1. The lowest BCUT2D eigenvalue weighted by Gasteiger charge is -2.28. The predicted molar refractivity (Wildman–Crippen MR) is 93.5 cm³/mol. The van der Waals surface area contributed by atoms with Crippen molar-refractivity contribution < 1.29 is 4.74 Å². The van der Waals surface area contributed by atoms with Crippen LogP contribution in [-0.4, -0.2) is 12.8 Å². The van der Waals surface area contributed by atoms with E-state index in [-0.39, 0.29) is 0 Å². The van der Waals surface area contributed by atoms with Gasteiger partial charge in [0.2, 0.25) is 0 Å². The van der Waals surface area contributed by atoms with Gasteiger partial charge in [0, 0.05) is 17.7 Å². The molecule has 1 atom stereocenters. The maximum atomic E-state index is 6.75. The average Bonchev–Trinajstić information content (AvgIpc) is 2.92. The van der Waals surface area contributed by atoms with E-state index in [0.29, 0.717) is 6.42 Å². The number of nitrogens with two attached hydrogens (primary N) is 1. The molecule has 0 aliphatic carbocycles. The van der Waals surface area contributed by atoms with E-state index in [9.17, 15) is 0 Å². The molecule has 0 unspecified atom stereocenters. The molecule has 0 saturated carbocycles. The summed E-state index contributed by atoms with van der Waals surface area (Å²) in [7, 11) is 1.68. The third-order valence-corrected chi connectivity index (χ3v) is 4.22. The van der Waals surface area contributed by atoms with Gasteiger partial charge in [0.15, 0.2) is 0 Å². The first-order valence-corrected chi connectivity index (χ1v) is 7.90. The highest BCUT2D eigenvalue weighted by atomic mass is 16.5. The summed E-state index contributed by atoms with van der Waals surface area (Å²) in [5.74, 6) is 0.833. The lowest BCUT2D eigenvalue weighted by Crippen LogP contribution is -2.55. The SMILES string of the molecule is CCC1=C(c2cccc(OC)c2)[C@](N)(Cc2ccccc2)NN1. The highest BCUT2D eigenvalue weighted by molar-refractivity contribution is 5.78. The van der Waals surface area contributed by atoms with Crippen molar-refractivity contribution in [3.8, 4) is 5.75 Å². The molecule has 0 radical (unpaired) electrons. The average molecular weight is 309 g/mol. The maximum absolute atomic E-state index is 6.75. The van der Waals surface area contributed by atoms with Crippen LogP contribution in [0.4, 0.5) is 0 Å². The third-order valence-electron chi connectivity index (χ3n) is 4.22. The van der Waals surface area contributed by atoms with Crippen molar-refractivity contribution in [3.63, 3.8) is 0 Å². The van der Waals surface area contributed by atoms with E-state index in [1.807, 2.05) is 36.4 Å². The number of benzene rings is 2. The van der Waals surface area contributed by atoms with Gasteiger partial charge < -0.3 is 15.9 Å². The van der Waals surface area contributed by atoms with E-state index in [1.165, 1.54) is 5.56 Å². The zero-order valence-electron chi connectivity index (χ0n) is 13.6. The van der Waals surface area contributed by atoms with Crippen molar-refractivity contribution in [2.45, 2.75) is 25.4 Å². The Balaban J connectivity index is 2.01. The molecule has 1 aliphatic rings. The topological polar surface area (TPSA) is 59.3 Å². The second-order valence-corrected chi connectivity index (χ2v) is 5.82. The molecule has 1 aliphatic heterocycles. The van der Waals surface area contributed by atoms with Crippen molar-refractivity contribution in [2.24, 2.45) is 5.73 Å². The van der Waals surface area contributed by atoms with Crippen molar-refractivity contribution in [3.05, 3.63) is 71.4 Å². The Hall–Kier alpha value is -2.30. The molecule has 0 amide bonds. The van der Waals surface area contributed by atoms with Crippen molar-refractivity contribution in [1.82, 2.24) is 10.9 Å². The van der Waals surface area contributed by atoms with Gasteiger partial charge in [-0.1, -0.05) is 49.4 Å². The van der Waals surface area contributed by atoms with Gasteiger partial charge in [-0.25, -0.2) is 5.43 Å². The van der Waals surface area contributed by atoms with E-state index < -0.39 is 5.66 Å². The molecule has 0 spiro atoms. The van der Waals surface area contributed by atoms with Crippen molar-refractivity contribution in [1.29, 1.82) is 0 Å². The molecule has 0 fully saturated rings. The normalized spacial score (nSPS) is 20.5. The summed E-state index contributed by atoms with van der Waals surface area (Å²) in [6.07, 6.45) is 1.59. The molecule has 0 aromatic heterocycles. The van der Waals surface area contributed by atoms with Crippen LogP contribution in [0.5, 0.6) is 5.75 Å². The zero-order chi connectivity index (χ0) is 16.3. The quantitative estimate of drug-likeness (QED) is 0.795. The van der Waals surface area contributed by atoms with E-state index in [4.69, 9.17) is 10.5 Å². The fourth-order valence-corrected chi connectivity index (χ4v) is 3.11. The molecule has 4 nitrogen and oxygen atoms in total. The summed E-state index contributed by atoms with van der Waals surface area (Å²) in [6, 6.07) is 18.3. The first-order valence-electron chi connectivity index (χ1n) is 7.90. The van der Waals surface area contributed by atoms with Crippen molar-refractivity contribution in [2.75, 3.05) is 7.11 Å². The predicted octanol–water partition coefficient (Wildman–Crippen LogP) is 2.82. The highest BCUT2D eigenvalue weighted by Gasteiger charge is 2.37. The van der Waals surface area contributed by atoms with Crippen LogP contribution in [0.25, 0.3) is 5.57 Å². The van der Waals surface area contributed by atoms with Gasteiger partial charge in [-0.15, -0.1) is 0 Å². The minimum atomic E-state index is -0.654. The van der Waals surface area contributed by atoms with Crippen molar-refractivity contribution >= 4 is 5.57 Å². The van der Waals surface area contributed by atoms with Crippen LogP contribution in [0.15, 0.2) is 60.3 Å². The van der Waals surface area contributed by atoms with Gasteiger partial charge in [-0.3, -0.25) is 0 Å². The molecule has 0 saturated heterocycles. The molecular weight excluding hydrogens is 286 g/mol. The minimum Gasteiger partial charge on any atom is -0.497 e. The molecule has 0 bridgehead atoms. The summed E-state index contributed by atoms with van der Waals surface area (Å²) in [5, 5.41) is 0. The Bertz CT molecular complexity index is 712. The summed E-state index contributed by atoms with van der Waals surface area (Å²) >= 11 is 0. The first kappa shape index (κ1) is 15.6. The summed E-state index contributed by atoms with van der Waals surface area (Å²) in [6.45, 7) is 2.12. The summed E-state index contributed by atoms with van der Waals surface area (Å²) < 4.78 is 5.37. The van der Waals surface area contributed by atoms with Gasteiger partial charge in [0.1, 0.15) is 11.4 Å². The lowest BCUT2D eigenvalue weighted by molar-refractivity contribution is 0.412. The molecule has 1 heterocycles. The molecular formula is C19H23N3O. The van der Waals surface area contributed by atoms with Crippen LogP contribution < -0.4 is 21.3 Å². The summed E-state index contributed by atoms with van der Waals surface area (Å²) in [4.78, 5) is 0. The Morgan fingerprint density at radius 1 is 1.09 bits per heavy atom. The monoisotopic (exact) mass is 309 g/mol. The number of methoxy groups -OCH3 is 1. The number of rotatable bonds is 5. The van der Waals surface area contributed by atoms with E-state index >= 15 is 0 Å². The van der Waals surface area contributed by atoms with Crippen LogP contribution in [0, 0.1) is 0 Å². The van der Waals surface area contributed by atoms with E-state index in [0.717, 1.165) is 29.0 Å². The Morgan fingerprint density at radius 2 is 1.87 bits per heavy atom. The maximum Gasteiger partial charge on any atom is 0.119 e. The smallest absolute Gasteiger partial charge is 0.119 e. The molecule has 2 aromatic rings. The number of nitrogens with one attached hydrogen (secondary N) is 2. The van der Waals surface area contributed by atoms with Crippen LogP contribution in [0.1, 0.15) is 24.5 Å². The zero-order valence-corrected chi connectivity index (χ0v) is 13.6. The first-order chi connectivity index (χ1) is 11.2. The molecule has 4 heteroatoms. The Labute approximate surface area is 137 Å². The molecule has 23 heavy (non-hydrogen) atoms. The Kier molecular flexibility index (Phi) is 4.37. The fourth-order valence-electron chi connectivity index (χ4n) is 3.11. The highest BCUT2D eigenvalue weighted by Crippen LogP contribution is 2.34. The van der Waals surface area contributed by atoms with E-state index in [1.54, 1.807) is 7.11 Å². The number of hydrogen-bond donors (Lipinski definition) is 3. The number of hydrogen-bond acceptors (Lipinski definition) is 4. The van der Waals surface area contributed by atoms with Gasteiger partial charge in [-0.2, -0.15) is 0 Å². The van der Waals surface area contributed by atoms with Gasteiger partial charge in [0.25, 0.3) is 0 Å². The standard InChI is InChI=1S/C19H23N3O/c1-3-17-18(15-10-7-11-16(12-15)23-2)19(20,22-21-17)13-14-8-5-4-6-9-14/h4-12,21-22H,3,13,20H2,1-2H3/t19-/m0/s1. The van der Waals surface area contributed by atoms with Gasteiger partial charge in [0.05, 0.1) is 7.11 Å². The molecule has 2 aromatic carbocycles. The number of hydrazine groups is 1. The van der Waals surface area contributed by atoms with Crippen LogP contribution >= 0.6 is 0 Å². The van der Waals surface area contributed by atoms with Crippen LogP contribution in [0.3, 0.4) is 0 Å². The molecule has 3 rings (SSSR count). The number of allylic oxidation sites excluding steroid dienone is 1. The van der Waals surface area contributed by atoms with Crippen LogP contribution in [0.2, 0.25) is 0 Å². The van der Waals surface area contributed by atoms with Crippen LogP contribution in [-0.2, 0) is 6.42 Å². The third kappa shape index (κ3) is 3.09. The molecule has 120 valence electrons. The molecule has 4 N–H and O–H groups in total. The second kappa shape index (κ2) is 6.44. The minimum absolute atomic E-state index is 0.654. The fraction of sp³-hybridized carbons (Fsp3) is 0.263. The number of ether oxygens (including phenoxy) is 1. The van der Waals surface area contributed by atoms with E-state index in [2.05, 4.69) is 36.0 Å².